The van der Waals surface area contributed by atoms with Gasteiger partial charge >= 0.3 is 12.0 Å². The highest BCUT2D eigenvalue weighted by atomic mass is 16.4. The maximum Gasteiger partial charge on any atom is 0.326 e. The molecule has 1 aliphatic rings. The molecule has 0 radical (unpaired) electrons. The summed E-state index contributed by atoms with van der Waals surface area (Å²) < 4.78 is 0. The zero-order chi connectivity index (χ0) is 12.8. The van der Waals surface area contributed by atoms with E-state index < -0.39 is 12.0 Å². The third-order valence-electron chi connectivity index (χ3n) is 2.72. The van der Waals surface area contributed by atoms with Crippen LogP contribution in [-0.2, 0) is 4.79 Å². The first-order chi connectivity index (χ1) is 8.04. The summed E-state index contributed by atoms with van der Waals surface area (Å²) in [4.78, 5) is 24.3. The van der Waals surface area contributed by atoms with Crippen LogP contribution in [0.4, 0.5) is 4.79 Å². The van der Waals surface area contributed by atoms with Crippen LogP contribution in [0.3, 0.4) is 0 Å². The Balaban J connectivity index is 2.53. The van der Waals surface area contributed by atoms with Gasteiger partial charge < -0.3 is 15.3 Å². The quantitative estimate of drug-likeness (QED) is 0.727. The van der Waals surface area contributed by atoms with Gasteiger partial charge in [0.15, 0.2) is 0 Å². The van der Waals surface area contributed by atoms with Crippen LogP contribution in [-0.4, -0.2) is 41.1 Å². The van der Waals surface area contributed by atoms with E-state index in [0.29, 0.717) is 13.1 Å². The van der Waals surface area contributed by atoms with E-state index in [0.717, 1.165) is 6.42 Å². The Labute approximate surface area is 101 Å². The monoisotopic (exact) mass is 238 g/mol. The summed E-state index contributed by atoms with van der Waals surface area (Å²) in [5.74, 6) is -1.04. The lowest BCUT2D eigenvalue weighted by atomic mass is 10.1. The van der Waals surface area contributed by atoms with Gasteiger partial charge in [-0.1, -0.05) is 17.7 Å². The molecule has 0 bridgehead atoms. The number of nitrogens with zero attached hydrogens (tertiary/aromatic N) is 1. The number of urea groups is 1. The van der Waals surface area contributed by atoms with E-state index in [4.69, 9.17) is 5.11 Å². The zero-order valence-corrected chi connectivity index (χ0v) is 9.98. The fraction of sp³-hybridized carbons (Fsp3) is 0.500. The molecule has 2 N–H and O–H groups in total. The van der Waals surface area contributed by atoms with Gasteiger partial charge in [0.05, 0.1) is 0 Å². The van der Waals surface area contributed by atoms with E-state index in [1.54, 1.807) is 4.90 Å². The van der Waals surface area contributed by atoms with Crippen LogP contribution < -0.4 is 5.32 Å². The van der Waals surface area contributed by atoms with E-state index in [2.05, 4.69) is 11.9 Å². The molecule has 0 saturated carbocycles. The Morgan fingerprint density at radius 2 is 2.41 bits per heavy atom. The molecule has 1 atom stereocenters. The zero-order valence-electron chi connectivity index (χ0n) is 9.98. The number of carboxylic acids is 1. The fourth-order valence-electron chi connectivity index (χ4n) is 1.58. The molecule has 0 saturated heterocycles. The van der Waals surface area contributed by atoms with Crippen molar-refractivity contribution < 1.29 is 14.7 Å². The first kappa shape index (κ1) is 13.3. The summed E-state index contributed by atoms with van der Waals surface area (Å²) in [7, 11) is 0. The minimum Gasteiger partial charge on any atom is -0.480 e. The molecule has 0 aromatic heterocycles. The van der Waals surface area contributed by atoms with Crippen molar-refractivity contribution in [2.45, 2.75) is 25.8 Å². The summed E-state index contributed by atoms with van der Waals surface area (Å²) >= 11 is 0. The molecule has 5 heteroatoms. The van der Waals surface area contributed by atoms with Gasteiger partial charge in [-0.3, -0.25) is 0 Å². The van der Waals surface area contributed by atoms with Crippen LogP contribution in [0, 0.1) is 0 Å². The second-order valence-electron chi connectivity index (χ2n) is 4.11. The molecule has 1 heterocycles. The van der Waals surface area contributed by atoms with Gasteiger partial charge in [-0.05, 0) is 19.8 Å². The van der Waals surface area contributed by atoms with Gasteiger partial charge in [0.1, 0.15) is 6.04 Å². The number of nitrogens with one attached hydrogen (secondary N) is 1. The van der Waals surface area contributed by atoms with Crippen LogP contribution >= 0.6 is 0 Å². The maximum atomic E-state index is 11.8. The average molecular weight is 238 g/mol. The van der Waals surface area contributed by atoms with Crippen LogP contribution in [0.1, 0.15) is 19.8 Å². The predicted molar refractivity (Wildman–Crippen MR) is 64.7 cm³/mol. The van der Waals surface area contributed by atoms with Gasteiger partial charge in [0, 0.05) is 13.1 Å². The molecule has 0 aromatic carbocycles. The number of rotatable bonds is 4. The van der Waals surface area contributed by atoms with Crippen molar-refractivity contribution in [3.63, 3.8) is 0 Å². The van der Waals surface area contributed by atoms with Crippen molar-refractivity contribution in [3.8, 4) is 0 Å². The molecule has 1 aliphatic heterocycles. The third-order valence-corrected chi connectivity index (χ3v) is 2.72. The molecule has 0 aromatic rings. The standard InChI is InChI=1S/C12H18N2O3/c1-3-4-10(11(15)16)13-12(17)14-7-5-9(2)6-8-14/h3,5,10H,1,4,6-8H2,2H3,(H,13,17)(H,15,16). The Morgan fingerprint density at radius 3 is 2.88 bits per heavy atom. The van der Waals surface area contributed by atoms with E-state index >= 15 is 0 Å². The molecule has 0 spiro atoms. The second kappa shape index (κ2) is 6.08. The Kier molecular flexibility index (Phi) is 4.75. The number of amides is 2. The van der Waals surface area contributed by atoms with Crippen LogP contribution in [0.25, 0.3) is 0 Å². The number of carbonyl (C=O) groups excluding carboxylic acids is 1. The average Bonchev–Trinajstić information content (AvgIpc) is 2.29. The highest BCUT2D eigenvalue weighted by Gasteiger charge is 2.22. The summed E-state index contributed by atoms with van der Waals surface area (Å²) in [5, 5.41) is 11.4. The lowest BCUT2D eigenvalue weighted by Gasteiger charge is -2.27. The van der Waals surface area contributed by atoms with Gasteiger partial charge in [-0.25, -0.2) is 9.59 Å². The number of hydrogen-bond donors (Lipinski definition) is 2. The molecule has 17 heavy (non-hydrogen) atoms. The lowest BCUT2D eigenvalue weighted by molar-refractivity contribution is -0.139. The van der Waals surface area contributed by atoms with E-state index in [1.807, 2.05) is 13.0 Å². The Bertz CT molecular complexity index is 350. The molecule has 94 valence electrons. The minimum absolute atomic E-state index is 0.226. The van der Waals surface area contributed by atoms with E-state index in [1.165, 1.54) is 11.6 Å². The topological polar surface area (TPSA) is 69.6 Å². The van der Waals surface area contributed by atoms with Crippen LogP contribution in [0.15, 0.2) is 24.3 Å². The van der Waals surface area contributed by atoms with Crippen LogP contribution in [0.5, 0.6) is 0 Å². The molecule has 1 rings (SSSR count). The molecule has 2 amide bonds. The Hall–Kier alpha value is -1.78. The molecular weight excluding hydrogens is 220 g/mol. The van der Waals surface area contributed by atoms with Gasteiger partial charge in [-0.2, -0.15) is 0 Å². The lowest BCUT2D eigenvalue weighted by Crippen LogP contribution is -2.48. The third kappa shape index (κ3) is 3.94. The van der Waals surface area contributed by atoms with Gasteiger partial charge in [0.2, 0.25) is 0 Å². The smallest absolute Gasteiger partial charge is 0.326 e. The highest BCUT2D eigenvalue weighted by molar-refractivity contribution is 5.82. The van der Waals surface area contributed by atoms with Crippen molar-refractivity contribution in [1.29, 1.82) is 0 Å². The number of carbonyl (C=O) groups is 2. The number of carboxylic acid groups (broad SMARTS) is 1. The summed E-state index contributed by atoms with van der Waals surface area (Å²) in [5.41, 5.74) is 1.26. The van der Waals surface area contributed by atoms with Crippen molar-refractivity contribution >= 4 is 12.0 Å². The largest absolute Gasteiger partial charge is 0.480 e. The summed E-state index contributed by atoms with van der Waals surface area (Å²) in [6.45, 7) is 6.67. The molecule has 0 fully saturated rings. The molecule has 1 unspecified atom stereocenters. The molecule has 0 aliphatic carbocycles. The molecular formula is C12H18N2O3. The normalized spacial score (nSPS) is 17.0. The first-order valence-electron chi connectivity index (χ1n) is 5.59. The minimum atomic E-state index is -1.04. The van der Waals surface area contributed by atoms with Crippen molar-refractivity contribution in [2.24, 2.45) is 0 Å². The van der Waals surface area contributed by atoms with Crippen molar-refractivity contribution in [1.82, 2.24) is 10.2 Å². The second-order valence-corrected chi connectivity index (χ2v) is 4.11. The predicted octanol–water partition coefficient (Wildman–Crippen LogP) is 1.38. The molecule has 5 nitrogen and oxygen atoms in total. The van der Waals surface area contributed by atoms with Gasteiger partial charge in [-0.15, -0.1) is 6.58 Å². The SMILES string of the molecule is C=CCC(NC(=O)N1CC=C(C)CC1)C(=O)O. The van der Waals surface area contributed by atoms with E-state index in [9.17, 15) is 9.59 Å². The van der Waals surface area contributed by atoms with Gasteiger partial charge in [0.25, 0.3) is 0 Å². The Morgan fingerprint density at radius 1 is 1.71 bits per heavy atom. The van der Waals surface area contributed by atoms with Crippen LogP contribution in [0.2, 0.25) is 0 Å². The van der Waals surface area contributed by atoms with Crippen molar-refractivity contribution in [2.75, 3.05) is 13.1 Å². The summed E-state index contributed by atoms with van der Waals surface area (Å²) in [6.07, 6.45) is 4.53. The van der Waals surface area contributed by atoms with Crippen molar-refractivity contribution in [3.05, 3.63) is 24.3 Å². The number of hydrogen-bond acceptors (Lipinski definition) is 2. The number of aliphatic carboxylic acids is 1. The van der Waals surface area contributed by atoms with E-state index in [-0.39, 0.29) is 12.5 Å². The summed E-state index contributed by atoms with van der Waals surface area (Å²) in [6, 6.07) is -1.23. The highest BCUT2D eigenvalue weighted by Crippen LogP contribution is 2.09. The maximum absolute atomic E-state index is 11.8. The fourth-order valence-corrected chi connectivity index (χ4v) is 1.58. The first-order valence-corrected chi connectivity index (χ1v) is 5.59.